The average Bonchev–Trinajstić information content (AvgIpc) is 2.75. The van der Waals surface area contributed by atoms with Gasteiger partial charge in [0.15, 0.2) is 0 Å². The number of imidazole rings is 1. The van der Waals surface area contributed by atoms with Crippen LogP contribution in [0.5, 0.6) is 0 Å². The molecule has 1 fully saturated rings. The number of nitrogens with zero attached hydrogens (tertiary/aromatic N) is 1. The molecule has 1 aromatic rings. The van der Waals surface area contributed by atoms with Crippen molar-refractivity contribution in [2.24, 2.45) is 0 Å². The molecular formula is C9H16N4. The molecule has 0 radical (unpaired) electrons. The number of hydrogen-bond donors (Lipinski definition) is 3. The molecule has 0 amide bonds. The summed E-state index contributed by atoms with van der Waals surface area (Å²) in [4.78, 5) is 7.26. The predicted molar refractivity (Wildman–Crippen MR) is 51.6 cm³/mol. The molecule has 0 aromatic carbocycles. The Bertz CT molecular complexity index is 226. The fourth-order valence-electron chi connectivity index (χ4n) is 1.66. The molecule has 4 nitrogen and oxygen atoms in total. The Kier molecular flexibility index (Phi) is 2.94. The van der Waals surface area contributed by atoms with Crippen LogP contribution in [0.3, 0.4) is 0 Å². The zero-order valence-corrected chi connectivity index (χ0v) is 7.71. The van der Waals surface area contributed by atoms with Crippen molar-refractivity contribution in [1.82, 2.24) is 20.6 Å². The Morgan fingerprint density at radius 1 is 1.62 bits per heavy atom. The van der Waals surface area contributed by atoms with E-state index < -0.39 is 0 Å². The van der Waals surface area contributed by atoms with Crippen molar-refractivity contribution >= 4 is 0 Å². The van der Waals surface area contributed by atoms with Crippen LogP contribution in [0.15, 0.2) is 12.4 Å². The summed E-state index contributed by atoms with van der Waals surface area (Å²) in [6.07, 6.45) is 5.90. The first-order valence-corrected chi connectivity index (χ1v) is 4.87. The minimum Gasteiger partial charge on any atom is -0.349 e. The molecule has 1 atom stereocenters. The molecule has 1 unspecified atom stereocenters. The van der Waals surface area contributed by atoms with Crippen LogP contribution in [0.1, 0.15) is 12.2 Å². The minimum atomic E-state index is 0.662. The number of H-pyrrole nitrogens is 1. The summed E-state index contributed by atoms with van der Waals surface area (Å²) >= 11 is 0. The first-order chi connectivity index (χ1) is 6.45. The largest absolute Gasteiger partial charge is 0.349 e. The van der Waals surface area contributed by atoms with Crippen LogP contribution in [-0.2, 0) is 6.42 Å². The SMILES string of the molecule is c1c[nH]c(CCNC2CCNC2)n1. The van der Waals surface area contributed by atoms with Gasteiger partial charge in [0.1, 0.15) is 5.82 Å². The lowest BCUT2D eigenvalue weighted by Gasteiger charge is -2.09. The summed E-state index contributed by atoms with van der Waals surface area (Å²) in [7, 11) is 0. The molecular weight excluding hydrogens is 164 g/mol. The lowest BCUT2D eigenvalue weighted by molar-refractivity contribution is 0.546. The third-order valence-electron chi connectivity index (χ3n) is 2.41. The van der Waals surface area contributed by atoms with Crippen LogP contribution in [0, 0.1) is 0 Å². The molecule has 1 saturated heterocycles. The zero-order chi connectivity index (χ0) is 8.93. The summed E-state index contributed by atoms with van der Waals surface area (Å²) in [5.74, 6) is 1.07. The van der Waals surface area contributed by atoms with Crippen LogP contribution in [-0.4, -0.2) is 35.6 Å². The van der Waals surface area contributed by atoms with E-state index >= 15 is 0 Å². The minimum absolute atomic E-state index is 0.662. The summed E-state index contributed by atoms with van der Waals surface area (Å²) in [5, 5.41) is 6.83. The fraction of sp³-hybridized carbons (Fsp3) is 0.667. The van der Waals surface area contributed by atoms with Crippen LogP contribution >= 0.6 is 0 Å². The number of aromatic amines is 1. The van der Waals surface area contributed by atoms with E-state index in [4.69, 9.17) is 0 Å². The maximum atomic E-state index is 4.17. The lowest BCUT2D eigenvalue weighted by Crippen LogP contribution is -2.32. The van der Waals surface area contributed by atoms with Gasteiger partial charge in [-0.2, -0.15) is 0 Å². The molecule has 0 aliphatic carbocycles. The Morgan fingerprint density at radius 3 is 3.31 bits per heavy atom. The Hall–Kier alpha value is -0.870. The van der Waals surface area contributed by atoms with Gasteiger partial charge in [0.05, 0.1) is 0 Å². The summed E-state index contributed by atoms with van der Waals surface area (Å²) in [6, 6.07) is 0.662. The van der Waals surface area contributed by atoms with Gasteiger partial charge in [-0.1, -0.05) is 0 Å². The van der Waals surface area contributed by atoms with Gasteiger partial charge in [0, 0.05) is 37.9 Å². The number of rotatable bonds is 4. The molecule has 1 aliphatic rings. The average molecular weight is 180 g/mol. The van der Waals surface area contributed by atoms with Gasteiger partial charge in [-0.15, -0.1) is 0 Å². The zero-order valence-electron chi connectivity index (χ0n) is 7.71. The van der Waals surface area contributed by atoms with Crippen molar-refractivity contribution < 1.29 is 0 Å². The quantitative estimate of drug-likeness (QED) is 0.606. The highest BCUT2D eigenvalue weighted by Crippen LogP contribution is 1.97. The highest BCUT2D eigenvalue weighted by molar-refractivity contribution is 4.88. The van der Waals surface area contributed by atoms with E-state index in [2.05, 4.69) is 20.6 Å². The number of aromatic nitrogens is 2. The maximum Gasteiger partial charge on any atom is 0.107 e. The first-order valence-electron chi connectivity index (χ1n) is 4.87. The number of nitrogens with one attached hydrogen (secondary N) is 3. The van der Waals surface area contributed by atoms with Gasteiger partial charge in [0.25, 0.3) is 0 Å². The summed E-state index contributed by atoms with van der Waals surface area (Å²) in [6.45, 7) is 3.27. The molecule has 13 heavy (non-hydrogen) atoms. The molecule has 3 N–H and O–H groups in total. The highest BCUT2D eigenvalue weighted by Gasteiger charge is 2.12. The van der Waals surface area contributed by atoms with E-state index in [0.29, 0.717) is 6.04 Å². The van der Waals surface area contributed by atoms with E-state index in [1.807, 2.05) is 6.20 Å². The van der Waals surface area contributed by atoms with Gasteiger partial charge >= 0.3 is 0 Å². The lowest BCUT2D eigenvalue weighted by atomic mass is 10.2. The third kappa shape index (κ3) is 2.54. The van der Waals surface area contributed by atoms with E-state index in [9.17, 15) is 0 Å². The van der Waals surface area contributed by atoms with Crippen LogP contribution in [0.4, 0.5) is 0 Å². The van der Waals surface area contributed by atoms with Gasteiger partial charge in [-0.05, 0) is 13.0 Å². The van der Waals surface area contributed by atoms with E-state index in [0.717, 1.165) is 31.9 Å². The second-order valence-corrected chi connectivity index (χ2v) is 3.43. The summed E-state index contributed by atoms with van der Waals surface area (Å²) in [5.41, 5.74) is 0. The maximum absolute atomic E-state index is 4.17. The molecule has 2 rings (SSSR count). The second-order valence-electron chi connectivity index (χ2n) is 3.43. The van der Waals surface area contributed by atoms with Crippen molar-refractivity contribution in [1.29, 1.82) is 0 Å². The molecule has 0 saturated carbocycles. The van der Waals surface area contributed by atoms with Crippen molar-refractivity contribution in [3.8, 4) is 0 Å². The summed E-state index contributed by atoms with van der Waals surface area (Å²) < 4.78 is 0. The van der Waals surface area contributed by atoms with Gasteiger partial charge in [-0.25, -0.2) is 4.98 Å². The van der Waals surface area contributed by atoms with E-state index in [-0.39, 0.29) is 0 Å². The molecule has 1 aromatic heterocycles. The Balaban J connectivity index is 1.63. The second kappa shape index (κ2) is 4.39. The molecule has 0 spiro atoms. The normalized spacial score (nSPS) is 22.3. The molecule has 72 valence electrons. The molecule has 4 heteroatoms. The Morgan fingerprint density at radius 2 is 2.62 bits per heavy atom. The highest BCUT2D eigenvalue weighted by atomic mass is 15.0. The van der Waals surface area contributed by atoms with Crippen LogP contribution < -0.4 is 10.6 Å². The van der Waals surface area contributed by atoms with Gasteiger partial charge in [-0.3, -0.25) is 0 Å². The van der Waals surface area contributed by atoms with E-state index in [1.54, 1.807) is 6.20 Å². The van der Waals surface area contributed by atoms with Crippen molar-refractivity contribution in [2.45, 2.75) is 18.9 Å². The Labute approximate surface area is 78.1 Å². The monoisotopic (exact) mass is 180 g/mol. The topological polar surface area (TPSA) is 52.7 Å². The standard InChI is InChI=1S/C9H16N4/c1-3-10-7-8(1)11-4-2-9-12-5-6-13-9/h5-6,8,10-11H,1-4,7H2,(H,12,13). The smallest absolute Gasteiger partial charge is 0.107 e. The van der Waals surface area contributed by atoms with Gasteiger partial charge < -0.3 is 15.6 Å². The van der Waals surface area contributed by atoms with Crippen LogP contribution in [0.25, 0.3) is 0 Å². The predicted octanol–water partition coefficient (Wildman–Crippen LogP) is -0.0963. The molecule has 2 heterocycles. The van der Waals surface area contributed by atoms with Crippen molar-refractivity contribution in [3.63, 3.8) is 0 Å². The molecule has 1 aliphatic heterocycles. The first kappa shape index (κ1) is 8.72. The van der Waals surface area contributed by atoms with Crippen molar-refractivity contribution in [3.05, 3.63) is 18.2 Å². The molecule has 0 bridgehead atoms. The van der Waals surface area contributed by atoms with Crippen molar-refractivity contribution in [2.75, 3.05) is 19.6 Å². The third-order valence-corrected chi connectivity index (χ3v) is 2.41. The van der Waals surface area contributed by atoms with Crippen LogP contribution in [0.2, 0.25) is 0 Å². The van der Waals surface area contributed by atoms with E-state index in [1.165, 1.54) is 6.42 Å². The number of hydrogen-bond acceptors (Lipinski definition) is 3. The fourth-order valence-corrected chi connectivity index (χ4v) is 1.66. The van der Waals surface area contributed by atoms with Gasteiger partial charge in [0.2, 0.25) is 0 Å².